The molecule has 0 bridgehead atoms. The van der Waals surface area contributed by atoms with Crippen LogP contribution in [-0.4, -0.2) is 30.4 Å². The SMILES string of the molecule is COC(=O)C[C@H](O)C[C@@H](C)OCc1ccccc1. The Morgan fingerprint density at radius 3 is 2.61 bits per heavy atom. The van der Waals surface area contributed by atoms with Crippen LogP contribution in [0.5, 0.6) is 0 Å². The van der Waals surface area contributed by atoms with E-state index in [-0.39, 0.29) is 12.5 Å². The molecule has 0 saturated heterocycles. The molecule has 1 aromatic rings. The number of ether oxygens (including phenoxy) is 2. The lowest BCUT2D eigenvalue weighted by molar-refractivity contribution is -0.143. The number of carbonyl (C=O) groups is 1. The van der Waals surface area contributed by atoms with Gasteiger partial charge in [0, 0.05) is 0 Å². The standard InChI is InChI=1S/C14H20O4/c1-11(8-13(15)9-14(16)17-2)18-10-12-6-4-3-5-7-12/h3-7,11,13,15H,8-10H2,1-2H3/t11-,13-/m1/s1. The van der Waals surface area contributed by atoms with Crippen LogP contribution in [0.15, 0.2) is 30.3 Å². The van der Waals surface area contributed by atoms with E-state index in [1.165, 1.54) is 7.11 Å². The van der Waals surface area contributed by atoms with Crippen molar-refractivity contribution in [1.29, 1.82) is 0 Å². The summed E-state index contributed by atoms with van der Waals surface area (Å²) in [5, 5.41) is 9.64. The molecule has 0 saturated carbocycles. The Bertz CT molecular complexity index is 350. The van der Waals surface area contributed by atoms with Crippen molar-refractivity contribution in [1.82, 2.24) is 0 Å². The molecule has 0 unspecified atom stereocenters. The summed E-state index contributed by atoms with van der Waals surface area (Å²) in [6.07, 6.45) is -0.398. The van der Waals surface area contributed by atoms with Gasteiger partial charge in [0.15, 0.2) is 0 Å². The smallest absolute Gasteiger partial charge is 0.308 e. The molecule has 0 aliphatic heterocycles. The third-order valence-corrected chi connectivity index (χ3v) is 2.61. The minimum Gasteiger partial charge on any atom is -0.469 e. The topological polar surface area (TPSA) is 55.8 Å². The molecule has 4 heteroatoms. The predicted molar refractivity (Wildman–Crippen MR) is 67.9 cm³/mol. The summed E-state index contributed by atoms with van der Waals surface area (Å²) in [5.41, 5.74) is 1.09. The first-order valence-electron chi connectivity index (χ1n) is 6.02. The summed E-state index contributed by atoms with van der Waals surface area (Å²) in [7, 11) is 1.31. The maximum atomic E-state index is 11.0. The lowest BCUT2D eigenvalue weighted by atomic mass is 10.1. The van der Waals surface area contributed by atoms with Gasteiger partial charge in [-0.2, -0.15) is 0 Å². The highest BCUT2D eigenvalue weighted by Gasteiger charge is 2.15. The largest absolute Gasteiger partial charge is 0.469 e. The number of esters is 1. The fraction of sp³-hybridized carbons (Fsp3) is 0.500. The number of hydrogen-bond acceptors (Lipinski definition) is 4. The second-order valence-electron chi connectivity index (χ2n) is 4.28. The third-order valence-electron chi connectivity index (χ3n) is 2.61. The molecule has 1 rings (SSSR count). The van der Waals surface area contributed by atoms with Gasteiger partial charge in [0.1, 0.15) is 0 Å². The predicted octanol–water partition coefficient (Wildman–Crippen LogP) is 1.91. The number of aliphatic hydroxyl groups excluding tert-OH is 1. The van der Waals surface area contributed by atoms with Crippen LogP contribution in [0.2, 0.25) is 0 Å². The Morgan fingerprint density at radius 2 is 2.00 bits per heavy atom. The summed E-state index contributed by atoms with van der Waals surface area (Å²) >= 11 is 0. The van der Waals surface area contributed by atoms with Gasteiger partial charge in [-0.1, -0.05) is 30.3 Å². The summed E-state index contributed by atoms with van der Waals surface area (Å²) in [4.78, 5) is 11.0. The van der Waals surface area contributed by atoms with Crippen LogP contribution in [0, 0.1) is 0 Å². The number of methoxy groups -OCH3 is 1. The molecule has 0 amide bonds. The highest BCUT2D eigenvalue weighted by molar-refractivity contribution is 5.69. The minimum absolute atomic E-state index is 0.00946. The number of rotatable bonds is 7. The third kappa shape index (κ3) is 5.80. The molecule has 2 atom stereocenters. The summed E-state index contributed by atoms with van der Waals surface area (Å²) < 4.78 is 10.1. The van der Waals surface area contributed by atoms with Crippen LogP contribution in [0.1, 0.15) is 25.3 Å². The van der Waals surface area contributed by atoms with E-state index in [2.05, 4.69) is 4.74 Å². The van der Waals surface area contributed by atoms with Crippen LogP contribution >= 0.6 is 0 Å². The zero-order valence-corrected chi connectivity index (χ0v) is 10.8. The Kier molecular flexibility index (Phi) is 6.39. The van der Waals surface area contributed by atoms with Gasteiger partial charge in [-0.15, -0.1) is 0 Å². The fourth-order valence-corrected chi connectivity index (χ4v) is 1.62. The lowest BCUT2D eigenvalue weighted by Crippen LogP contribution is -2.21. The van der Waals surface area contributed by atoms with E-state index in [1.54, 1.807) is 0 Å². The van der Waals surface area contributed by atoms with E-state index in [0.29, 0.717) is 13.0 Å². The Morgan fingerprint density at radius 1 is 1.33 bits per heavy atom. The van der Waals surface area contributed by atoms with E-state index in [1.807, 2.05) is 37.3 Å². The van der Waals surface area contributed by atoms with E-state index >= 15 is 0 Å². The van der Waals surface area contributed by atoms with Gasteiger partial charge >= 0.3 is 5.97 Å². The van der Waals surface area contributed by atoms with Crippen LogP contribution in [-0.2, 0) is 20.9 Å². The molecule has 0 aliphatic carbocycles. The molecule has 4 nitrogen and oxygen atoms in total. The van der Waals surface area contributed by atoms with Crippen molar-refractivity contribution in [3.05, 3.63) is 35.9 Å². The fourth-order valence-electron chi connectivity index (χ4n) is 1.62. The van der Waals surface area contributed by atoms with E-state index in [4.69, 9.17) is 4.74 Å². The average molecular weight is 252 g/mol. The van der Waals surface area contributed by atoms with Crippen molar-refractivity contribution in [2.45, 2.75) is 38.6 Å². The van der Waals surface area contributed by atoms with E-state index < -0.39 is 12.1 Å². The van der Waals surface area contributed by atoms with Crippen LogP contribution in [0.4, 0.5) is 0 Å². The van der Waals surface area contributed by atoms with Crippen molar-refractivity contribution < 1.29 is 19.4 Å². The molecule has 0 fully saturated rings. The molecule has 1 aromatic carbocycles. The average Bonchev–Trinajstić information content (AvgIpc) is 2.37. The Hall–Kier alpha value is -1.39. The molecule has 18 heavy (non-hydrogen) atoms. The molecule has 100 valence electrons. The summed E-state index contributed by atoms with van der Waals surface area (Å²) in [6, 6.07) is 9.83. The molecule has 1 N–H and O–H groups in total. The van der Waals surface area contributed by atoms with E-state index in [0.717, 1.165) is 5.56 Å². The number of aliphatic hydroxyl groups is 1. The second-order valence-corrected chi connectivity index (χ2v) is 4.28. The van der Waals surface area contributed by atoms with Gasteiger partial charge in [0.2, 0.25) is 0 Å². The molecular weight excluding hydrogens is 232 g/mol. The first kappa shape index (κ1) is 14.7. The maximum Gasteiger partial charge on any atom is 0.308 e. The Balaban J connectivity index is 2.25. The van der Waals surface area contributed by atoms with Gasteiger partial charge in [-0.25, -0.2) is 0 Å². The number of hydrogen-bond donors (Lipinski definition) is 1. The van der Waals surface area contributed by atoms with Gasteiger partial charge in [-0.3, -0.25) is 4.79 Å². The van der Waals surface area contributed by atoms with Crippen molar-refractivity contribution in [3.63, 3.8) is 0 Å². The molecule has 0 spiro atoms. The van der Waals surface area contributed by atoms with Crippen molar-refractivity contribution in [3.8, 4) is 0 Å². The van der Waals surface area contributed by atoms with Gasteiger partial charge < -0.3 is 14.6 Å². The first-order chi connectivity index (χ1) is 8.61. The quantitative estimate of drug-likeness (QED) is 0.753. The highest BCUT2D eigenvalue weighted by atomic mass is 16.5. The normalized spacial score (nSPS) is 13.9. The lowest BCUT2D eigenvalue weighted by Gasteiger charge is -2.16. The Labute approximate surface area is 108 Å². The molecular formula is C14H20O4. The highest BCUT2D eigenvalue weighted by Crippen LogP contribution is 2.09. The molecule has 0 aromatic heterocycles. The van der Waals surface area contributed by atoms with Crippen LogP contribution in [0.25, 0.3) is 0 Å². The molecule has 0 heterocycles. The summed E-state index contributed by atoms with van der Waals surface area (Å²) in [5.74, 6) is -0.405. The van der Waals surface area contributed by atoms with Crippen LogP contribution in [0.3, 0.4) is 0 Å². The monoisotopic (exact) mass is 252 g/mol. The second kappa shape index (κ2) is 7.84. The van der Waals surface area contributed by atoms with Gasteiger partial charge in [0.25, 0.3) is 0 Å². The zero-order chi connectivity index (χ0) is 13.4. The maximum absolute atomic E-state index is 11.0. The van der Waals surface area contributed by atoms with Crippen molar-refractivity contribution in [2.75, 3.05) is 7.11 Å². The summed E-state index contributed by atoms with van der Waals surface area (Å²) in [6.45, 7) is 2.39. The van der Waals surface area contributed by atoms with E-state index in [9.17, 15) is 9.90 Å². The van der Waals surface area contributed by atoms with Crippen molar-refractivity contribution in [2.24, 2.45) is 0 Å². The van der Waals surface area contributed by atoms with Crippen LogP contribution < -0.4 is 0 Å². The first-order valence-corrected chi connectivity index (χ1v) is 6.02. The zero-order valence-electron chi connectivity index (χ0n) is 10.8. The van der Waals surface area contributed by atoms with Gasteiger partial charge in [-0.05, 0) is 18.9 Å². The number of carbonyl (C=O) groups excluding carboxylic acids is 1. The molecule has 0 radical (unpaired) electrons. The van der Waals surface area contributed by atoms with Gasteiger partial charge in [0.05, 0.1) is 32.3 Å². The minimum atomic E-state index is -0.719. The number of benzene rings is 1. The molecule has 0 aliphatic rings. The van der Waals surface area contributed by atoms with Crippen molar-refractivity contribution >= 4 is 5.97 Å².